The second kappa shape index (κ2) is 10.7. The second-order valence-electron chi connectivity index (χ2n) is 6.44. The van der Waals surface area contributed by atoms with Crippen LogP contribution in [0.25, 0.3) is 0 Å². The van der Waals surface area contributed by atoms with E-state index < -0.39 is 0 Å². The number of halogens is 2. The van der Waals surface area contributed by atoms with E-state index in [9.17, 15) is 9.18 Å². The summed E-state index contributed by atoms with van der Waals surface area (Å²) in [5.74, 6) is -0.208. The summed E-state index contributed by atoms with van der Waals surface area (Å²) in [5.41, 5.74) is 3.19. The number of carbonyl (C=O) groups is 1. The molecule has 6 heteroatoms. The minimum atomic E-state index is -0.373. The van der Waals surface area contributed by atoms with E-state index in [1.165, 1.54) is 18.2 Å². The van der Waals surface area contributed by atoms with Crippen molar-refractivity contribution in [2.75, 3.05) is 6.61 Å². The van der Waals surface area contributed by atoms with Gasteiger partial charge in [-0.25, -0.2) is 4.39 Å². The maximum atomic E-state index is 13.1. The van der Waals surface area contributed by atoms with E-state index in [4.69, 9.17) is 9.47 Å². The van der Waals surface area contributed by atoms with Gasteiger partial charge in [0, 0.05) is 6.54 Å². The monoisotopic (exact) mass is 457 g/mol. The van der Waals surface area contributed by atoms with Crippen LogP contribution in [0.15, 0.2) is 77.3 Å². The number of hydrogen-bond donors (Lipinski definition) is 1. The molecule has 0 aliphatic heterocycles. The number of ether oxygens (including phenoxy) is 2. The molecule has 3 aromatic carbocycles. The zero-order valence-corrected chi connectivity index (χ0v) is 17.3. The highest BCUT2D eigenvalue weighted by Gasteiger charge is 2.07. The Hall–Kier alpha value is -2.70. The number of rotatable bonds is 9. The lowest BCUT2D eigenvalue weighted by atomic mass is 10.1. The van der Waals surface area contributed by atoms with Crippen molar-refractivity contribution in [3.63, 3.8) is 0 Å². The number of amides is 1. The van der Waals surface area contributed by atoms with E-state index in [2.05, 4.69) is 21.2 Å². The van der Waals surface area contributed by atoms with Crippen LogP contribution in [-0.4, -0.2) is 12.5 Å². The Bertz CT molecular complexity index is 933. The van der Waals surface area contributed by atoms with Crippen LogP contribution in [0, 0.1) is 5.82 Å². The van der Waals surface area contributed by atoms with Crippen LogP contribution in [0.3, 0.4) is 0 Å². The highest BCUT2D eigenvalue weighted by molar-refractivity contribution is 9.10. The Morgan fingerprint density at radius 2 is 1.55 bits per heavy atom. The van der Waals surface area contributed by atoms with Gasteiger partial charge in [0.25, 0.3) is 5.91 Å². The predicted octanol–water partition coefficient (Wildman–Crippen LogP) is 5.00. The third-order valence-corrected chi connectivity index (χ3v) is 4.77. The molecule has 3 aromatic rings. The van der Waals surface area contributed by atoms with Crippen molar-refractivity contribution >= 4 is 21.8 Å². The van der Waals surface area contributed by atoms with Gasteiger partial charge in [-0.1, -0.05) is 54.6 Å². The average Bonchev–Trinajstić information content (AvgIpc) is 2.73. The first kappa shape index (κ1) is 21.0. The van der Waals surface area contributed by atoms with E-state index in [0.29, 0.717) is 30.0 Å². The molecule has 0 saturated heterocycles. The Morgan fingerprint density at radius 1 is 0.897 bits per heavy atom. The van der Waals surface area contributed by atoms with Crippen LogP contribution >= 0.6 is 15.9 Å². The van der Waals surface area contributed by atoms with Crippen LogP contribution in [0.2, 0.25) is 0 Å². The van der Waals surface area contributed by atoms with Crippen LogP contribution in [0.5, 0.6) is 5.75 Å². The summed E-state index contributed by atoms with van der Waals surface area (Å²) in [6, 6.07) is 22.0. The Morgan fingerprint density at radius 3 is 2.24 bits per heavy atom. The lowest BCUT2D eigenvalue weighted by Crippen LogP contribution is -2.28. The fourth-order valence-electron chi connectivity index (χ4n) is 2.60. The number of carbonyl (C=O) groups excluding carboxylic acids is 1. The van der Waals surface area contributed by atoms with Gasteiger partial charge in [0.15, 0.2) is 6.61 Å². The number of nitrogens with one attached hydrogen (secondary N) is 1. The molecule has 0 aliphatic rings. The van der Waals surface area contributed by atoms with E-state index in [1.807, 2.05) is 54.6 Å². The van der Waals surface area contributed by atoms with Gasteiger partial charge in [0.05, 0.1) is 17.7 Å². The molecule has 0 aromatic heterocycles. The fourth-order valence-corrected chi connectivity index (χ4v) is 3.07. The van der Waals surface area contributed by atoms with E-state index in [-0.39, 0.29) is 18.3 Å². The fraction of sp³-hybridized carbons (Fsp3) is 0.174. The van der Waals surface area contributed by atoms with E-state index in [1.54, 1.807) is 0 Å². The van der Waals surface area contributed by atoms with Gasteiger partial charge in [-0.3, -0.25) is 4.79 Å². The smallest absolute Gasteiger partial charge is 0.258 e. The molecule has 29 heavy (non-hydrogen) atoms. The summed E-state index contributed by atoms with van der Waals surface area (Å²) < 4.78 is 24.6. The van der Waals surface area contributed by atoms with Gasteiger partial charge in [-0.05, 0) is 50.8 Å². The molecule has 4 nitrogen and oxygen atoms in total. The highest BCUT2D eigenvalue weighted by Crippen LogP contribution is 2.25. The number of hydrogen-bond acceptors (Lipinski definition) is 3. The zero-order valence-electron chi connectivity index (χ0n) is 15.7. The van der Waals surface area contributed by atoms with Gasteiger partial charge in [0.2, 0.25) is 0 Å². The lowest BCUT2D eigenvalue weighted by Gasteiger charge is -2.10. The third kappa shape index (κ3) is 7.00. The first-order valence-corrected chi connectivity index (χ1v) is 9.93. The molecule has 0 spiro atoms. The SMILES string of the molecule is O=C(COc1ccc(F)cc1Br)NCc1ccc(COCc2ccccc2)cc1. The number of benzene rings is 3. The Balaban J connectivity index is 1.38. The van der Waals surface area contributed by atoms with Crippen LogP contribution < -0.4 is 10.1 Å². The molecule has 0 bridgehead atoms. The molecule has 3 rings (SSSR count). The normalized spacial score (nSPS) is 10.6. The molecule has 150 valence electrons. The summed E-state index contributed by atoms with van der Waals surface area (Å²) >= 11 is 3.20. The second-order valence-corrected chi connectivity index (χ2v) is 7.29. The summed E-state index contributed by atoms with van der Waals surface area (Å²) in [6.45, 7) is 1.36. The van der Waals surface area contributed by atoms with Crippen molar-refractivity contribution in [1.82, 2.24) is 5.32 Å². The van der Waals surface area contributed by atoms with Crippen molar-refractivity contribution in [3.05, 3.63) is 99.8 Å². The molecule has 1 N–H and O–H groups in total. The van der Waals surface area contributed by atoms with Crippen molar-refractivity contribution < 1.29 is 18.7 Å². The molecule has 0 fully saturated rings. The lowest BCUT2D eigenvalue weighted by molar-refractivity contribution is -0.123. The molecule has 0 radical (unpaired) electrons. The minimum absolute atomic E-state index is 0.143. The van der Waals surface area contributed by atoms with Gasteiger partial charge >= 0.3 is 0 Å². The standard InChI is InChI=1S/C23H21BrFNO3/c24-21-12-20(25)10-11-22(21)29-16-23(27)26-13-17-6-8-19(9-7-17)15-28-14-18-4-2-1-3-5-18/h1-12H,13-16H2,(H,26,27). The maximum Gasteiger partial charge on any atom is 0.258 e. The van der Waals surface area contributed by atoms with Gasteiger partial charge < -0.3 is 14.8 Å². The molecule has 1 amide bonds. The van der Waals surface area contributed by atoms with Crippen LogP contribution in [-0.2, 0) is 29.3 Å². The molecule has 0 unspecified atom stereocenters. The predicted molar refractivity (Wildman–Crippen MR) is 113 cm³/mol. The van der Waals surface area contributed by atoms with Gasteiger partial charge in [-0.15, -0.1) is 0 Å². The van der Waals surface area contributed by atoms with Crippen molar-refractivity contribution in [3.8, 4) is 5.75 Å². The topological polar surface area (TPSA) is 47.6 Å². The summed E-state index contributed by atoms with van der Waals surface area (Å²) in [5, 5.41) is 2.80. The van der Waals surface area contributed by atoms with Gasteiger partial charge in [0.1, 0.15) is 11.6 Å². The maximum absolute atomic E-state index is 13.1. The zero-order chi connectivity index (χ0) is 20.5. The van der Waals surface area contributed by atoms with Gasteiger partial charge in [-0.2, -0.15) is 0 Å². The highest BCUT2D eigenvalue weighted by atomic mass is 79.9. The molecule has 0 aliphatic carbocycles. The Labute approximate surface area is 177 Å². The van der Waals surface area contributed by atoms with Crippen LogP contribution in [0.1, 0.15) is 16.7 Å². The minimum Gasteiger partial charge on any atom is -0.483 e. The van der Waals surface area contributed by atoms with E-state index in [0.717, 1.165) is 16.7 Å². The van der Waals surface area contributed by atoms with Crippen molar-refractivity contribution in [2.24, 2.45) is 0 Å². The van der Waals surface area contributed by atoms with Crippen molar-refractivity contribution in [2.45, 2.75) is 19.8 Å². The summed E-state index contributed by atoms with van der Waals surface area (Å²) in [6.07, 6.45) is 0. The third-order valence-electron chi connectivity index (χ3n) is 4.15. The van der Waals surface area contributed by atoms with Crippen molar-refractivity contribution in [1.29, 1.82) is 0 Å². The average molecular weight is 458 g/mol. The molecule has 0 heterocycles. The summed E-state index contributed by atoms with van der Waals surface area (Å²) in [4.78, 5) is 12.0. The summed E-state index contributed by atoms with van der Waals surface area (Å²) in [7, 11) is 0. The van der Waals surface area contributed by atoms with E-state index >= 15 is 0 Å². The molecule has 0 saturated carbocycles. The molecular formula is C23H21BrFNO3. The Kier molecular flexibility index (Phi) is 7.78. The molecular weight excluding hydrogens is 437 g/mol. The quantitative estimate of drug-likeness (QED) is 0.491. The largest absolute Gasteiger partial charge is 0.483 e. The first-order chi connectivity index (χ1) is 14.1. The molecule has 0 atom stereocenters. The van der Waals surface area contributed by atoms with Crippen LogP contribution in [0.4, 0.5) is 4.39 Å². The first-order valence-electron chi connectivity index (χ1n) is 9.14.